The number of carbonyl (C=O) groups is 4. The fraction of sp³-hybridized carbons (Fsp3) is 0.750. The average Bonchev–Trinajstić information content (AvgIpc) is 3.10. The summed E-state index contributed by atoms with van der Waals surface area (Å²) in [5.74, 6) is -2.37. The minimum Gasteiger partial charge on any atom is -0.480 e. The van der Waals surface area contributed by atoms with E-state index in [0.29, 0.717) is 12.8 Å². The van der Waals surface area contributed by atoms with E-state index in [-0.39, 0.29) is 30.2 Å². The number of carbonyl (C=O) groups excluding carboxylic acids is 3. The van der Waals surface area contributed by atoms with E-state index in [9.17, 15) is 19.2 Å². The van der Waals surface area contributed by atoms with Gasteiger partial charge in [-0.05, 0) is 31.7 Å². The number of hydrogen-bond acceptors (Lipinski definition) is 6. The highest BCUT2D eigenvalue weighted by Gasteiger charge is 2.27. The second kappa shape index (κ2) is 11.0. The van der Waals surface area contributed by atoms with Crippen molar-refractivity contribution < 1.29 is 24.3 Å². The van der Waals surface area contributed by atoms with Gasteiger partial charge in [0.05, 0.1) is 12.6 Å². The number of thiol groups is 1. The van der Waals surface area contributed by atoms with Crippen LogP contribution in [0.4, 0.5) is 0 Å². The normalized spacial score (nSPS) is 18.8. The molecule has 0 radical (unpaired) electrons. The molecule has 0 aromatic heterocycles. The fourth-order valence-electron chi connectivity index (χ4n) is 2.60. The van der Waals surface area contributed by atoms with Crippen LogP contribution in [0.5, 0.6) is 0 Å². The molecule has 5 N–H and O–H groups in total. The van der Waals surface area contributed by atoms with Gasteiger partial charge in [-0.2, -0.15) is 12.6 Å². The molecule has 1 heterocycles. The van der Waals surface area contributed by atoms with Crippen LogP contribution in [-0.4, -0.2) is 65.8 Å². The molecule has 1 saturated heterocycles. The lowest BCUT2D eigenvalue weighted by Crippen LogP contribution is -2.54. The minimum atomic E-state index is -1.12. The van der Waals surface area contributed by atoms with Gasteiger partial charge in [0.1, 0.15) is 12.1 Å². The van der Waals surface area contributed by atoms with Crippen LogP contribution in [0.25, 0.3) is 0 Å². The first-order valence-corrected chi connectivity index (χ1v) is 9.32. The monoisotopic (exact) mass is 388 g/mol. The molecule has 3 unspecified atom stereocenters. The summed E-state index contributed by atoms with van der Waals surface area (Å²) in [6.45, 7) is 4.09. The van der Waals surface area contributed by atoms with Crippen LogP contribution in [0, 0.1) is 5.92 Å². The summed E-state index contributed by atoms with van der Waals surface area (Å²) >= 11 is 4.06. The van der Waals surface area contributed by atoms with Crippen LogP contribution in [0.3, 0.4) is 0 Å². The Kier molecular flexibility index (Phi) is 9.42. The molecule has 0 saturated carbocycles. The molecule has 1 rings (SSSR count). The summed E-state index contributed by atoms with van der Waals surface area (Å²) in [4.78, 5) is 47.2. The van der Waals surface area contributed by atoms with Gasteiger partial charge in [0, 0.05) is 5.75 Å². The SMILES string of the molecule is CC(C)CC(NC(=O)CNC(=O)C(CS)NC(=O)C1CCCN1)C(=O)O. The highest BCUT2D eigenvalue weighted by atomic mass is 32.1. The Bertz CT molecular complexity index is 523. The number of carboxylic acid groups (broad SMARTS) is 1. The lowest BCUT2D eigenvalue weighted by atomic mass is 10.0. The molecule has 0 aromatic carbocycles. The van der Waals surface area contributed by atoms with Crippen molar-refractivity contribution in [2.45, 2.75) is 51.2 Å². The van der Waals surface area contributed by atoms with Crippen molar-refractivity contribution in [1.29, 1.82) is 0 Å². The summed E-state index contributed by atoms with van der Waals surface area (Å²) < 4.78 is 0. The zero-order valence-electron chi connectivity index (χ0n) is 15.1. The Hall–Kier alpha value is -1.81. The number of aliphatic carboxylic acids is 1. The Morgan fingerprint density at radius 1 is 1.19 bits per heavy atom. The van der Waals surface area contributed by atoms with Crippen molar-refractivity contribution in [2.75, 3.05) is 18.8 Å². The number of carboxylic acids is 1. The second-order valence-electron chi connectivity index (χ2n) is 6.70. The Labute approximate surface area is 158 Å². The molecule has 148 valence electrons. The summed E-state index contributed by atoms with van der Waals surface area (Å²) in [5, 5.41) is 19.5. The molecule has 10 heteroatoms. The summed E-state index contributed by atoms with van der Waals surface area (Å²) in [5.41, 5.74) is 0. The van der Waals surface area contributed by atoms with Crippen LogP contribution in [0.1, 0.15) is 33.1 Å². The fourth-order valence-corrected chi connectivity index (χ4v) is 2.86. The maximum Gasteiger partial charge on any atom is 0.326 e. The number of rotatable bonds is 10. The predicted molar refractivity (Wildman–Crippen MR) is 98.8 cm³/mol. The molecule has 0 aliphatic carbocycles. The Morgan fingerprint density at radius 3 is 2.38 bits per heavy atom. The molecule has 0 bridgehead atoms. The maximum absolute atomic E-state index is 12.1. The average molecular weight is 388 g/mol. The quantitative estimate of drug-likeness (QED) is 0.263. The number of amides is 3. The van der Waals surface area contributed by atoms with E-state index in [1.54, 1.807) is 0 Å². The standard InChI is InChI=1S/C16H28N4O5S/c1-9(2)6-11(16(24)25)19-13(21)7-18-14(22)12(8-26)20-15(23)10-4-3-5-17-10/h9-12,17,26H,3-8H2,1-2H3,(H,18,22)(H,19,21)(H,20,23)(H,24,25). The van der Waals surface area contributed by atoms with E-state index in [0.717, 1.165) is 13.0 Å². The molecule has 0 spiro atoms. The first kappa shape index (κ1) is 22.2. The number of nitrogens with one attached hydrogen (secondary N) is 4. The van der Waals surface area contributed by atoms with Gasteiger partial charge >= 0.3 is 5.97 Å². The molecule has 26 heavy (non-hydrogen) atoms. The largest absolute Gasteiger partial charge is 0.480 e. The molecule has 1 aliphatic rings. The van der Waals surface area contributed by atoms with Gasteiger partial charge in [-0.3, -0.25) is 14.4 Å². The molecule has 1 fully saturated rings. The van der Waals surface area contributed by atoms with Gasteiger partial charge in [0.25, 0.3) is 0 Å². The summed E-state index contributed by atoms with van der Waals surface area (Å²) in [6, 6.07) is -2.19. The van der Waals surface area contributed by atoms with Gasteiger partial charge in [0.2, 0.25) is 17.7 Å². The highest BCUT2D eigenvalue weighted by Crippen LogP contribution is 2.06. The van der Waals surface area contributed by atoms with Gasteiger partial charge in [-0.25, -0.2) is 4.79 Å². The maximum atomic E-state index is 12.1. The third-order valence-electron chi connectivity index (χ3n) is 3.96. The van der Waals surface area contributed by atoms with E-state index in [4.69, 9.17) is 5.11 Å². The van der Waals surface area contributed by atoms with Crippen molar-refractivity contribution in [3.63, 3.8) is 0 Å². The van der Waals surface area contributed by atoms with E-state index in [1.165, 1.54) is 0 Å². The minimum absolute atomic E-state index is 0.0804. The van der Waals surface area contributed by atoms with Gasteiger partial charge in [0.15, 0.2) is 0 Å². The van der Waals surface area contributed by atoms with Crippen molar-refractivity contribution in [3.8, 4) is 0 Å². The third-order valence-corrected chi connectivity index (χ3v) is 4.32. The van der Waals surface area contributed by atoms with Crippen LogP contribution in [0.15, 0.2) is 0 Å². The summed E-state index contributed by atoms with van der Waals surface area (Å²) in [6.07, 6.45) is 1.90. The highest BCUT2D eigenvalue weighted by molar-refractivity contribution is 7.80. The molecule has 9 nitrogen and oxygen atoms in total. The Morgan fingerprint density at radius 2 is 1.88 bits per heavy atom. The first-order chi connectivity index (χ1) is 12.2. The molecule has 0 aromatic rings. The molecule has 1 aliphatic heterocycles. The van der Waals surface area contributed by atoms with Crippen LogP contribution < -0.4 is 21.3 Å². The number of hydrogen-bond donors (Lipinski definition) is 6. The molecular weight excluding hydrogens is 360 g/mol. The van der Waals surface area contributed by atoms with Crippen molar-refractivity contribution >= 4 is 36.3 Å². The zero-order chi connectivity index (χ0) is 19.7. The van der Waals surface area contributed by atoms with E-state index < -0.39 is 29.9 Å². The molecular formula is C16H28N4O5S. The van der Waals surface area contributed by atoms with Crippen LogP contribution in [0.2, 0.25) is 0 Å². The predicted octanol–water partition coefficient (Wildman–Crippen LogP) is -1.12. The third kappa shape index (κ3) is 7.61. The van der Waals surface area contributed by atoms with Crippen LogP contribution in [-0.2, 0) is 19.2 Å². The molecule has 3 atom stereocenters. The van der Waals surface area contributed by atoms with Crippen molar-refractivity contribution in [2.24, 2.45) is 5.92 Å². The van der Waals surface area contributed by atoms with Crippen molar-refractivity contribution in [1.82, 2.24) is 21.3 Å². The van der Waals surface area contributed by atoms with E-state index in [1.807, 2.05) is 13.8 Å². The Balaban J connectivity index is 2.45. The van der Waals surface area contributed by atoms with E-state index >= 15 is 0 Å². The van der Waals surface area contributed by atoms with Crippen LogP contribution >= 0.6 is 12.6 Å². The first-order valence-electron chi connectivity index (χ1n) is 8.69. The van der Waals surface area contributed by atoms with Crippen molar-refractivity contribution in [3.05, 3.63) is 0 Å². The smallest absolute Gasteiger partial charge is 0.326 e. The lowest BCUT2D eigenvalue weighted by Gasteiger charge is -2.20. The lowest BCUT2D eigenvalue weighted by molar-refractivity contribution is -0.142. The summed E-state index contributed by atoms with van der Waals surface area (Å²) in [7, 11) is 0. The van der Waals surface area contributed by atoms with Gasteiger partial charge in [-0.1, -0.05) is 13.8 Å². The topological polar surface area (TPSA) is 137 Å². The second-order valence-corrected chi connectivity index (χ2v) is 7.06. The zero-order valence-corrected chi connectivity index (χ0v) is 16.0. The van der Waals surface area contributed by atoms with E-state index in [2.05, 4.69) is 33.9 Å². The van der Waals surface area contributed by atoms with Gasteiger partial charge < -0.3 is 26.4 Å². The molecule has 3 amide bonds. The van der Waals surface area contributed by atoms with Gasteiger partial charge in [-0.15, -0.1) is 0 Å².